The van der Waals surface area contributed by atoms with Crippen LogP contribution in [0.3, 0.4) is 0 Å². The molecule has 0 spiro atoms. The predicted octanol–water partition coefficient (Wildman–Crippen LogP) is 1.21. The third-order valence-electron chi connectivity index (χ3n) is 3.87. The van der Waals surface area contributed by atoms with Gasteiger partial charge in [0.25, 0.3) is 0 Å². The monoisotopic (exact) mass is 227 g/mol. The number of rotatable bonds is 5. The van der Waals surface area contributed by atoms with Crippen LogP contribution < -0.4 is 0 Å². The third-order valence-corrected chi connectivity index (χ3v) is 3.87. The summed E-state index contributed by atoms with van der Waals surface area (Å²) in [6.45, 7) is 5.01. The highest BCUT2D eigenvalue weighted by molar-refractivity contribution is 5.72. The van der Waals surface area contributed by atoms with E-state index in [1.165, 1.54) is 19.3 Å². The van der Waals surface area contributed by atoms with E-state index < -0.39 is 12.1 Å². The summed E-state index contributed by atoms with van der Waals surface area (Å²) in [6, 6.07) is 0. The van der Waals surface area contributed by atoms with Gasteiger partial charge in [-0.25, -0.2) is 4.79 Å². The van der Waals surface area contributed by atoms with Gasteiger partial charge in [-0.2, -0.15) is 0 Å². The van der Waals surface area contributed by atoms with Crippen LogP contribution in [-0.2, 0) is 9.53 Å². The second-order valence-electron chi connectivity index (χ2n) is 4.95. The third kappa shape index (κ3) is 2.55. The quantitative estimate of drug-likeness (QED) is 0.767. The molecule has 4 nitrogen and oxygen atoms in total. The molecule has 2 fully saturated rings. The number of carbonyl (C=O) groups is 1. The number of carboxylic acids is 1. The molecule has 1 saturated heterocycles. The molecular formula is C12H21NO3. The van der Waals surface area contributed by atoms with E-state index in [1.54, 1.807) is 0 Å². The van der Waals surface area contributed by atoms with Gasteiger partial charge in [0.05, 0.1) is 0 Å². The highest BCUT2D eigenvalue weighted by Gasteiger charge is 2.37. The number of nitrogens with zero attached hydrogens (tertiary/aromatic N) is 1. The SMILES string of the molecule is CCOC(CN1CC2CCCC2C1)C(=O)O. The molecule has 0 aromatic heterocycles. The Kier molecular flexibility index (Phi) is 3.82. The smallest absolute Gasteiger partial charge is 0.334 e. The van der Waals surface area contributed by atoms with Crippen LogP contribution in [0.25, 0.3) is 0 Å². The molecule has 3 unspecified atom stereocenters. The van der Waals surface area contributed by atoms with Crippen LogP contribution in [0, 0.1) is 11.8 Å². The van der Waals surface area contributed by atoms with Crippen molar-refractivity contribution >= 4 is 5.97 Å². The molecule has 1 aliphatic heterocycles. The van der Waals surface area contributed by atoms with Crippen molar-refractivity contribution in [2.45, 2.75) is 32.3 Å². The van der Waals surface area contributed by atoms with Gasteiger partial charge in [0.2, 0.25) is 0 Å². The second kappa shape index (κ2) is 5.15. The maximum atomic E-state index is 11.0. The zero-order valence-corrected chi connectivity index (χ0v) is 9.89. The number of carboxylic acid groups (broad SMARTS) is 1. The van der Waals surface area contributed by atoms with Gasteiger partial charge in [-0.1, -0.05) is 6.42 Å². The van der Waals surface area contributed by atoms with Crippen LogP contribution in [0.15, 0.2) is 0 Å². The average molecular weight is 227 g/mol. The van der Waals surface area contributed by atoms with Gasteiger partial charge in [-0.3, -0.25) is 4.90 Å². The molecule has 0 aromatic carbocycles. The van der Waals surface area contributed by atoms with E-state index in [4.69, 9.17) is 9.84 Å². The lowest BCUT2D eigenvalue weighted by Gasteiger charge is -2.21. The van der Waals surface area contributed by atoms with E-state index in [0.29, 0.717) is 13.2 Å². The first kappa shape index (κ1) is 11.9. The van der Waals surface area contributed by atoms with Crippen molar-refractivity contribution in [3.63, 3.8) is 0 Å². The summed E-state index contributed by atoms with van der Waals surface area (Å²) in [5.41, 5.74) is 0. The van der Waals surface area contributed by atoms with Crippen molar-refractivity contribution < 1.29 is 14.6 Å². The predicted molar refractivity (Wildman–Crippen MR) is 60.3 cm³/mol. The summed E-state index contributed by atoms with van der Waals surface area (Å²) < 4.78 is 5.25. The van der Waals surface area contributed by atoms with E-state index in [-0.39, 0.29) is 0 Å². The summed E-state index contributed by atoms with van der Waals surface area (Å²) in [7, 11) is 0. The number of ether oxygens (including phenoxy) is 1. The maximum Gasteiger partial charge on any atom is 0.334 e. The van der Waals surface area contributed by atoms with Gasteiger partial charge < -0.3 is 9.84 Å². The zero-order chi connectivity index (χ0) is 11.5. The Morgan fingerprint density at radius 1 is 1.44 bits per heavy atom. The van der Waals surface area contributed by atoms with Crippen LogP contribution in [0.1, 0.15) is 26.2 Å². The first-order valence-corrected chi connectivity index (χ1v) is 6.27. The molecule has 2 aliphatic rings. The van der Waals surface area contributed by atoms with Gasteiger partial charge in [-0.05, 0) is 31.6 Å². The Bertz CT molecular complexity index is 245. The van der Waals surface area contributed by atoms with Crippen molar-refractivity contribution in [2.75, 3.05) is 26.2 Å². The van der Waals surface area contributed by atoms with Gasteiger partial charge >= 0.3 is 5.97 Å². The summed E-state index contributed by atoms with van der Waals surface area (Å²) in [4.78, 5) is 13.2. The fraction of sp³-hybridized carbons (Fsp3) is 0.917. The molecule has 2 rings (SSSR count). The molecule has 0 bridgehead atoms. The van der Waals surface area contributed by atoms with Crippen molar-refractivity contribution in [3.8, 4) is 0 Å². The van der Waals surface area contributed by atoms with E-state index in [9.17, 15) is 4.79 Å². The molecular weight excluding hydrogens is 206 g/mol. The number of hydrogen-bond donors (Lipinski definition) is 1. The molecule has 0 aromatic rings. The Balaban J connectivity index is 1.83. The Morgan fingerprint density at radius 3 is 2.56 bits per heavy atom. The van der Waals surface area contributed by atoms with Gasteiger partial charge in [0, 0.05) is 26.2 Å². The van der Waals surface area contributed by atoms with Crippen LogP contribution in [-0.4, -0.2) is 48.3 Å². The average Bonchev–Trinajstić information content (AvgIpc) is 2.76. The Morgan fingerprint density at radius 2 is 2.06 bits per heavy atom. The van der Waals surface area contributed by atoms with Crippen LogP contribution in [0.2, 0.25) is 0 Å². The van der Waals surface area contributed by atoms with Crippen LogP contribution in [0.5, 0.6) is 0 Å². The molecule has 1 N–H and O–H groups in total. The minimum atomic E-state index is -0.834. The highest BCUT2D eigenvalue weighted by Crippen LogP contribution is 2.37. The Labute approximate surface area is 96.6 Å². The molecule has 16 heavy (non-hydrogen) atoms. The van der Waals surface area contributed by atoms with E-state index >= 15 is 0 Å². The van der Waals surface area contributed by atoms with Gasteiger partial charge in [0.1, 0.15) is 0 Å². The van der Waals surface area contributed by atoms with E-state index in [1.807, 2.05) is 6.92 Å². The number of hydrogen-bond acceptors (Lipinski definition) is 3. The first-order chi connectivity index (χ1) is 7.70. The molecule has 3 atom stereocenters. The standard InChI is InChI=1S/C12H21NO3/c1-2-16-11(12(14)15)8-13-6-9-4-3-5-10(9)7-13/h9-11H,2-8H2,1H3,(H,14,15). The number of aliphatic carboxylic acids is 1. The summed E-state index contributed by atoms with van der Waals surface area (Å²) in [6.07, 6.45) is 3.36. The van der Waals surface area contributed by atoms with Gasteiger partial charge in [0.15, 0.2) is 6.10 Å². The van der Waals surface area contributed by atoms with Crippen molar-refractivity contribution in [1.29, 1.82) is 0 Å². The molecule has 0 radical (unpaired) electrons. The van der Waals surface area contributed by atoms with E-state index in [2.05, 4.69) is 4.90 Å². The van der Waals surface area contributed by atoms with E-state index in [0.717, 1.165) is 24.9 Å². The number of likely N-dealkylation sites (tertiary alicyclic amines) is 1. The first-order valence-electron chi connectivity index (χ1n) is 6.27. The van der Waals surface area contributed by atoms with Crippen LogP contribution in [0.4, 0.5) is 0 Å². The summed E-state index contributed by atoms with van der Waals surface area (Å²) in [5.74, 6) is 0.797. The van der Waals surface area contributed by atoms with Crippen molar-refractivity contribution in [3.05, 3.63) is 0 Å². The molecule has 0 amide bonds. The fourth-order valence-electron chi connectivity index (χ4n) is 3.12. The normalized spacial score (nSPS) is 31.6. The minimum Gasteiger partial charge on any atom is -0.479 e. The van der Waals surface area contributed by atoms with Gasteiger partial charge in [-0.15, -0.1) is 0 Å². The number of fused-ring (bicyclic) bond motifs is 1. The fourth-order valence-corrected chi connectivity index (χ4v) is 3.12. The lowest BCUT2D eigenvalue weighted by Crippen LogP contribution is -2.38. The molecule has 92 valence electrons. The lowest BCUT2D eigenvalue weighted by molar-refractivity contribution is -0.151. The largest absolute Gasteiger partial charge is 0.479 e. The Hall–Kier alpha value is -0.610. The molecule has 4 heteroatoms. The second-order valence-corrected chi connectivity index (χ2v) is 4.95. The molecule has 1 heterocycles. The van der Waals surface area contributed by atoms with Crippen LogP contribution >= 0.6 is 0 Å². The summed E-state index contributed by atoms with van der Waals surface area (Å²) >= 11 is 0. The zero-order valence-electron chi connectivity index (χ0n) is 9.89. The maximum absolute atomic E-state index is 11.0. The molecule has 1 saturated carbocycles. The highest BCUT2D eigenvalue weighted by atomic mass is 16.5. The lowest BCUT2D eigenvalue weighted by atomic mass is 10.0. The minimum absolute atomic E-state index is 0.470. The summed E-state index contributed by atoms with van der Waals surface area (Å²) in [5, 5.41) is 9.02. The van der Waals surface area contributed by atoms with Crippen molar-refractivity contribution in [2.24, 2.45) is 11.8 Å². The molecule has 1 aliphatic carbocycles. The van der Waals surface area contributed by atoms with Crippen molar-refractivity contribution in [1.82, 2.24) is 4.90 Å². The topological polar surface area (TPSA) is 49.8 Å².